The average Bonchev–Trinajstić information content (AvgIpc) is 2.52. The first-order valence-corrected chi connectivity index (χ1v) is 6.45. The summed E-state index contributed by atoms with van der Waals surface area (Å²) in [6.45, 7) is 0. The zero-order chi connectivity index (χ0) is 16.2. The Morgan fingerprint density at radius 3 is 2.05 bits per heavy atom. The van der Waals surface area contributed by atoms with E-state index in [1.165, 1.54) is 31.4 Å². The molecule has 0 bridgehead atoms. The van der Waals surface area contributed by atoms with Crippen molar-refractivity contribution in [1.82, 2.24) is 0 Å². The highest BCUT2D eigenvalue weighted by Crippen LogP contribution is 2.37. The van der Waals surface area contributed by atoms with Crippen LogP contribution in [0.4, 0.5) is 13.2 Å². The lowest BCUT2D eigenvalue weighted by Gasteiger charge is -2.27. The number of halogens is 3. The molecule has 0 saturated carbocycles. The minimum absolute atomic E-state index is 0.135. The number of methoxy groups -OCH3 is 1. The van der Waals surface area contributed by atoms with Crippen molar-refractivity contribution in [1.29, 1.82) is 0 Å². The number of alkyl halides is 3. The Balaban J connectivity index is 2.47. The van der Waals surface area contributed by atoms with Crippen molar-refractivity contribution < 1.29 is 17.9 Å². The maximum Gasteiger partial charge on any atom is 0.422 e. The van der Waals surface area contributed by atoms with Gasteiger partial charge < -0.3 is 10.5 Å². The summed E-state index contributed by atoms with van der Waals surface area (Å²) < 4.78 is 45.2. The summed E-state index contributed by atoms with van der Waals surface area (Å²) in [4.78, 5) is 0. The van der Waals surface area contributed by atoms with Crippen LogP contribution >= 0.6 is 0 Å². The minimum atomic E-state index is -4.70. The minimum Gasteiger partial charge on any atom is -0.497 e. The summed E-state index contributed by atoms with van der Waals surface area (Å²) in [5, 5.41) is 0. The number of ether oxygens (including phenoxy) is 1. The second kappa shape index (κ2) is 6.12. The van der Waals surface area contributed by atoms with Crippen LogP contribution in [0.5, 0.6) is 5.75 Å². The summed E-state index contributed by atoms with van der Waals surface area (Å²) in [6, 6.07) is 13.8. The number of benzene rings is 2. The summed E-state index contributed by atoms with van der Waals surface area (Å²) >= 11 is 0. The SMILES string of the molecule is COc1ccc(C(N)(C#Cc2ccccc2)C(F)(F)F)cc1. The molecule has 0 amide bonds. The first-order chi connectivity index (χ1) is 10.4. The van der Waals surface area contributed by atoms with Gasteiger partial charge in [0.25, 0.3) is 0 Å². The van der Waals surface area contributed by atoms with Crippen molar-refractivity contribution >= 4 is 0 Å². The molecule has 0 aliphatic heterocycles. The largest absolute Gasteiger partial charge is 0.497 e. The molecule has 0 aromatic heterocycles. The Bertz CT molecular complexity index is 684. The Labute approximate surface area is 126 Å². The smallest absolute Gasteiger partial charge is 0.422 e. The van der Waals surface area contributed by atoms with Crippen LogP contribution in [0.3, 0.4) is 0 Å². The number of rotatable bonds is 2. The standard InChI is InChI=1S/C17H14F3NO/c1-22-15-9-7-14(8-10-15)16(21,17(18,19)20)12-11-13-5-3-2-4-6-13/h2-10H,21H2,1H3. The summed E-state index contributed by atoms with van der Waals surface area (Å²) in [7, 11) is 1.43. The fourth-order valence-electron chi connectivity index (χ4n) is 1.85. The Morgan fingerprint density at radius 1 is 0.955 bits per heavy atom. The molecule has 22 heavy (non-hydrogen) atoms. The molecule has 0 spiro atoms. The molecule has 5 heteroatoms. The van der Waals surface area contributed by atoms with Gasteiger partial charge in [0.05, 0.1) is 7.11 Å². The highest BCUT2D eigenvalue weighted by molar-refractivity contribution is 5.43. The van der Waals surface area contributed by atoms with Crippen LogP contribution in [0.25, 0.3) is 0 Å². The van der Waals surface area contributed by atoms with Gasteiger partial charge in [0, 0.05) is 5.56 Å². The van der Waals surface area contributed by atoms with Crippen molar-refractivity contribution in [2.24, 2.45) is 5.73 Å². The lowest BCUT2D eigenvalue weighted by Crippen LogP contribution is -2.49. The maximum absolute atomic E-state index is 13.4. The van der Waals surface area contributed by atoms with Crippen LogP contribution in [-0.4, -0.2) is 13.3 Å². The van der Waals surface area contributed by atoms with E-state index in [1.54, 1.807) is 30.3 Å². The number of hydrogen-bond acceptors (Lipinski definition) is 2. The van der Waals surface area contributed by atoms with Crippen molar-refractivity contribution in [3.05, 3.63) is 65.7 Å². The predicted molar refractivity (Wildman–Crippen MR) is 78.2 cm³/mol. The quantitative estimate of drug-likeness (QED) is 0.862. The Morgan fingerprint density at radius 2 is 1.55 bits per heavy atom. The molecule has 0 fully saturated rings. The summed E-state index contributed by atoms with van der Waals surface area (Å²) in [5.74, 6) is 5.11. The first-order valence-electron chi connectivity index (χ1n) is 6.45. The molecule has 2 rings (SSSR count). The van der Waals surface area contributed by atoms with E-state index in [-0.39, 0.29) is 5.56 Å². The third-order valence-corrected chi connectivity index (χ3v) is 3.17. The molecule has 2 aromatic carbocycles. The van der Waals surface area contributed by atoms with Gasteiger partial charge in [-0.05, 0) is 29.8 Å². The van der Waals surface area contributed by atoms with Gasteiger partial charge in [-0.2, -0.15) is 13.2 Å². The molecule has 0 radical (unpaired) electrons. The van der Waals surface area contributed by atoms with Gasteiger partial charge in [-0.3, -0.25) is 0 Å². The van der Waals surface area contributed by atoms with Crippen LogP contribution < -0.4 is 10.5 Å². The molecule has 2 nitrogen and oxygen atoms in total. The molecule has 2 aromatic rings. The van der Waals surface area contributed by atoms with Gasteiger partial charge in [0.2, 0.25) is 0 Å². The molecule has 0 saturated heterocycles. The monoisotopic (exact) mass is 305 g/mol. The van der Waals surface area contributed by atoms with Gasteiger partial charge in [0.1, 0.15) is 5.75 Å². The zero-order valence-electron chi connectivity index (χ0n) is 11.8. The van der Waals surface area contributed by atoms with E-state index in [0.717, 1.165) is 0 Å². The van der Waals surface area contributed by atoms with Gasteiger partial charge in [-0.1, -0.05) is 42.2 Å². The fourth-order valence-corrected chi connectivity index (χ4v) is 1.85. The number of nitrogens with two attached hydrogens (primary N) is 1. The zero-order valence-corrected chi connectivity index (χ0v) is 11.8. The average molecular weight is 305 g/mol. The number of hydrogen-bond donors (Lipinski definition) is 1. The second-order valence-electron chi connectivity index (χ2n) is 4.65. The van der Waals surface area contributed by atoms with Gasteiger partial charge in [0.15, 0.2) is 5.54 Å². The lowest BCUT2D eigenvalue weighted by atomic mass is 9.90. The van der Waals surface area contributed by atoms with E-state index in [0.29, 0.717) is 11.3 Å². The van der Waals surface area contributed by atoms with E-state index in [9.17, 15) is 13.2 Å². The molecule has 0 heterocycles. The topological polar surface area (TPSA) is 35.2 Å². The Kier molecular flexibility index (Phi) is 4.43. The third kappa shape index (κ3) is 3.23. The van der Waals surface area contributed by atoms with Crippen LogP contribution in [0, 0.1) is 11.8 Å². The molecular weight excluding hydrogens is 291 g/mol. The highest BCUT2D eigenvalue weighted by atomic mass is 19.4. The predicted octanol–water partition coefficient (Wildman–Crippen LogP) is 3.46. The van der Waals surface area contributed by atoms with Gasteiger partial charge in [-0.25, -0.2) is 0 Å². The first kappa shape index (κ1) is 15.9. The molecule has 2 N–H and O–H groups in total. The van der Waals surface area contributed by atoms with Crippen molar-refractivity contribution in [2.75, 3.05) is 7.11 Å². The van der Waals surface area contributed by atoms with E-state index < -0.39 is 11.7 Å². The van der Waals surface area contributed by atoms with Crippen molar-refractivity contribution in [3.8, 4) is 17.6 Å². The van der Waals surface area contributed by atoms with E-state index in [1.807, 2.05) is 0 Å². The molecule has 1 atom stereocenters. The van der Waals surface area contributed by atoms with Gasteiger partial charge in [-0.15, -0.1) is 0 Å². The van der Waals surface area contributed by atoms with E-state index >= 15 is 0 Å². The van der Waals surface area contributed by atoms with Crippen LogP contribution in [0.1, 0.15) is 11.1 Å². The molecule has 0 aliphatic rings. The highest BCUT2D eigenvalue weighted by Gasteiger charge is 2.52. The normalized spacial score (nSPS) is 13.7. The van der Waals surface area contributed by atoms with Crippen molar-refractivity contribution in [3.63, 3.8) is 0 Å². The molecule has 1 unspecified atom stereocenters. The van der Waals surface area contributed by atoms with Crippen LogP contribution in [-0.2, 0) is 5.54 Å². The summed E-state index contributed by atoms with van der Waals surface area (Å²) in [6.07, 6.45) is -4.70. The van der Waals surface area contributed by atoms with E-state index in [2.05, 4.69) is 11.8 Å². The van der Waals surface area contributed by atoms with E-state index in [4.69, 9.17) is 10.5 Å². The van der Waals surface area contributed by atoms with Gasteiger partial charge >= 0.3 is 6.18 Å². The second-order valence-corrected chi connectivity index (χ2v) is 4.65. The van der Waals surface area contributed by atoms with Crippen LogP contribution in [0.2, 0.25) is 0 Å². The third-order valence-electron chi connectivity index (χ3n) is 3.17. The molecular formula is C17H14F3NO. The molecule has 114 valence electrons. The summed E-state index contributed by atoms with van der Waals surface area (Å²) in [5.41, 5.74) is 3.19. The maximum atomic E-state index is 13.4. The Hall–Kier alpha value is -2.45. The fraction of sp³-hybridized carbons (Fsp3) is 0.176. The van der Waals surface area contributed by atoms with Crippen molar-refractivity contribution in [2.45, 2.75) is 11.7 Å². The lowest BCUT2D eigenvalue weighted by molar-refractivity contribution is -0.171. The van der Waals surface area contributed by atoms with Crippen LogP contribution in [0.15, 0.2) is 54.6 Å². The molecule has 0 aliphatic carbocycles.